The van der Waals surface area contributed by atoms with Gasteiger partial charge in [0.25, 0.3) is 0 Å². The molecular formula is C34H49N3O6. The van der Waals surface area contributed by atoms with Crippen LogP contribution in [0.25, 0.3) is 0 Å². The van der Waals surface area contributed by atoms with Crippen molar-refractivity contribution in [2.45, 2.75) is 116 Å². The highest BCUT2D eigenvalue weighted by Gasteiger charge is 2.09. The topological polar surface area (TPSA) is 127 Å². The minimum Gasteiger partial charge on any atom is -0.503 e. The molecule has 0 bridgehead atoms. The van der Waals surface area contributed by atoms with E-state index in [4.69, 9.17) is 0 Å². The van der Waals surface area contributed by atoms with Crippen molar-refractivity contribution in [1.82, 2.24) is 13.7 Å². The smallest absolute Gasteiger partial charge is 0.223 e. The molecule has 0 aliphatic rings. The highest BCUT2D eigenvalue weighted by molar-refractivity contribution is 5.16. The summed E-state index contributed by atoms with van der Waals surface area (Å²) in [4.78, 5) is 34.1. The molecule has 43 heavy (non-hydrogen) atoms. The van der Waals surface area contributed by atoms with Gasteiger partial charge in [-0.3, -0.25) is 14.4 Å². The molecule has 9 nitrogen and oxygen atoms in total. The predicted octanol–water partition coefficient (Wildman–Crippen LogP) is 6.16. The molecule has 0 radical (unpaired) electrons. The first-order chi connectivity index (χ1) is 20.8. The van der Waals surface area contributed by atoms with Gasteiger partial charge >= 0.3 is 0 Å². The van der Waals surface area contributed by atoms with Gasteiger partial charge in [-0.2, -0.15) is 0 Å². The average molecular weight is 596 g/mol. The van der Waals surface area contributed by atoms with Crippen LogP contribution in [0.15, 0.2) is 69.8 Å². The fourth-order valence-corrected chi connectivity index (χ4v) is 5.63. The Morgan fingerprint density at radius 3 is 1.00 bits per heavy atom. The fraction of sp³-hybridized carbons (Fsp3) is 0.559. The summed E-state index contributed by atoms with van der Waals surface area (Å²) in [6.45, 7) is 2.40. The van der Waals surface area contributed by atoms with Gasteiger partial charge in [0.2, 0.25) is 16.3 Å². The largest absolute Gasteiger partial charge is 0.503 e. The van der Waals surface area contributed by atoms with E-state index >= 15 is 0 Å². The third-order valence-electron chi connectivity index (χ3n) is 8.21. The zero-order chi connectivity index (χ0) is 30.9. The molecule has 3 aromatic heterocycles. The lowest BCUT2D eigenvalue weighted by atomic mass is 9.89. The van der Waals surface area contributed by atoms with Crippen molar-refractivity contribution < 1.29 is 15.3 Å². The first kappa shape index (κ1) is 33.7. The second kappa shape index (κ2) is 18.7. The van der Waals surface area contributed by atoms with E-state index in [1.807, 2.05) is 13.7 Å². The molecule has 3 heterocycles. The minimum atomic E-state index is -0.342. The number of pyridine rings is 3. The van der Waals surface area contributed by atoms with Gasteiger partial charge in [0, 0.05) is 75.0 Å². The monoisotopic (exact) mass is 595 g/mol. The Labute approximate surface area is 254 Å². The lowest BCUT2D eigenvalue weighted by molar-refractivity contribution is 0.364. The van der Waals surface area contributed by atoms with Gasteiger partial charge in [-0.1, -0.05) is 77.0 Å². The molecule has 0 saturated heterocycles. The van der Waals surface area contributed by atoms with E-state index in [1.54, 1.807) is 18.6 Å². The molecule has 0 fully saturated rings. The van der Waals surface area contributed by atoms with E-state index in [0.717, 1.165) is 64.1 Å². The predicted molar refractivity (Wildman–Crippen MR) is 170 cm³/mol. The highest BCUT2D eigenvalue weighted by atomic mass is 16.3. The van der Waals surface area contributed by atoms with Gasteiger partial charge in [-0.15, -0.1) is 0 Å². The van der Waals surface area contributed by atoms with Crippen molar-refractivity contribution in [3.63, 3.8) is 0 Å². The summed E-state index contributed by atoms with van der Waals surface area (Å²) < 4.78 is 5.62. The standard InChI is InChI=1S/C34H49N3O6/c38-29-16-22-35(25-32(29)41)19-10-4-1-7-13-28(14-8-2-5-11-20-36-23-17-30(39)33(42)26-36)15-9-3-6-12-21-37-24-18-31(40)34(43)27-37/h16-18,22-28,41-43H,1-15,19-21H2. The van der Waals surface area contributed by atoms with Crippen LogP contribution < -0.4 is 16.3 Å². The summed E-state index contributed by atoms with van der Waals surface area (Å²) in [5.41, 5.74) is -1.03. The average Bonchev–Trinajstić information content (AvgIpc) is 2.99. The van der Waals surface area contributed by atoms with Gasteiger partial charge in [0.15, 0.2) is 17.2 Å². The van der Waals surface area contributed by atoms with E-state index in [2.05, 4.69) is 0 Å². The first-order valence-electron chi connectivity index (χ1n) is 16.0. The Morgan fingerprint density at radius 2 is 0.721 bits per heavy atom. The van der Waals surface area contributed by atoms with Crippen LogP contribution in [0.4, 0.5) is 0 Å². The maximum atomic E-state index is 11.4. The quantitative estimate of drug-likeness (QED) is 0.127. The Bertz CT molecular complexity index is 1240. The van der Waals surface area contributed by atoms with Gasteiger partial charge < -0.3 is 29.0 Å². The normalized spacial score (nSPS) is 11.4. The number of rotatable bonds is 21. The van der Waals surface area contributed by atoms with Crippen LogP contribution in [0.5, 0.6) is 17.2 Å². The zero-order valence-electron chi connectivity index (χ0n) is 25.4. The van der Waals surface area contributed by atoms with Crippen LogP contribution in [0, 0.1) is 5.92 Å². The molecule has 0 aliphatic carbocycles. The number of nitrogens with zero attached hydrogens (tertiary/aromatic N) is 3. The van der Waals surface area contributed by atoms with Gasteiger partial charge in [0.1, 0.15) is 0 Å². The minimum absolute atomic E-state index is 0.197. The molecule has 3 rings (SSSR count). The molecule has 3 aromatic rings. The summed E-state index contributed by atoms with van der Waals surface area (Å²) in [6, 6.07) is 4.22. The van der Waals surface area contributed by atoms with E-state index in [-0.39, 0.29) is 33.5 Å². The van der Waals surface area contributed by atoms with Crippen LogP contribution >= 0.6 is 0 Å². The third-order valence-corrected chi connectivity index (χ3v) is 8.21. The van der Waals surface area contributed by atoms with Crippen LogP contribution in [0.2, 0.25) is 0 Å². The number of hydrogen-bond donors (Lipinski definition) is 3. The second-order valence-electron chi connectivity index (χ2n) is 11.8. The molecular weight excluding hydrogens is 546 g/mol. The van der Waals surface area contributed by atoms with E-state index in [9.17, 15) is 29.7 Å². The van der Waals surface area contributed by atoms with Gasteiger partial charge in [-0.05, 0) is 25.2 Å². The molecule has 0 atom stereocenters. The van der Waals surface area contributed by atoms with Crippen LogP contribution in [0.3, 0.4) is 0 Å². The lowest BCUT2D eigenvalue weighted by Crippen LogP contribution is -2.06. The third kappa shape index (κ3) is 13.0. The Kier molecular flexibility index (Phi) is 14.7. The molecule has 0 aromatic carbocycles. The molecule has 3 N–H and O–H groups in total. The second-order valence-corrected chi connectivity index (χ2v) is 11.8. The number of aromatic hydroxyl groups is 3. The van der Waals surface area contributed by atoms with Crippen molar-refractivity contribution in [3.8, 4) is 17.2 Å². The first-order valence-corrected chi connectivity index (χ1v) is 16.0. The van der Waals surface area contributed by atoms with Crippen molar-refractivity contribution in [2.24, 2.45) is 5.92 Å². The van der Waals surface area contributed by atoms with Crippen LogP contribution in [0.1, 0.15) is 96.3 Å². The Morgan fingerprint density at radius 1 is 0.442 bits per heavy atom. The zero-order valence-corrected chi connectivity index (χ0v) is 25.4. The number of aromatic nitrogens is 3. The molecule has 0 spiro atoms. The lowest BCUT2D eigenvalue weighted by Gasteiger charge is -2.17. The summed E-state index contributed by atoms with van der Waals surface area (Å²) in [5, 5.41) is 28.8. The highest BCUT2D eigenvalue weighted by Crippen LogP contribution is 2.24. The number of aryl methyl sites for hydroxylation is 3. The Balaban J connectivity index is 1.33. The molecule has 0 unspecified atom stereocenters. The number of unbranched alkanes of at least 4 members (excludes halogenated alkanes) is 9. The summed E-state index contributed by atoms with van der Waals surface area (Å²) in [7, 11) is 0. The van der Waals surface area contributed by atoms with Crippen LogP contribution in [-0.4, -0.2) is 29.0 Å². The van der Waals surface area contributed by atoms with Crippen molar-refractivity contribution in [3.05, 3.63) is 86.1 Å². The maximum absolute atomic E-state index is 11.4. The number of hydrogen-bond acceptors (Lipinski definition) is 6. The Hall–Kier alpha value is -3.75. The fourth-order valence-electron chi connectivity index (χ4n) is 5.63. The van der Waals surface area contributed by atoms with E-state index in [1.165, 1.54) is 94.6 Å². The summed E-state index contributed by atoms with van der Waals surface area (Å²) in [6.07, 6.45) is 27.1. The van der Waals surface area contributed by atoms with Crippen molar-refractivity contribution in [1.29, 1.82) is 0 Å². The summed E-state index contributed by atoms with van der Waals surface area (Å²) in [5.74, 6) is 0.134. The molecule has 9 heteroatoms. The van der Waals surface area contributed by atoms with Crippen LogP contribution in [-0.2, 0) is 19.6 Å². The summed E-state index contributed by atoms with van der Waals surface area (Å²) >= 11 is 0. The molecule has 0 amide bonds. The van der Waals surface area contributed by atoms with Gasteiger partial charge in [0.05, 0.1) is 0 Å². The van der Waals surface area contributed by atoms with E-state index in [0.29, 0.717) is 0 Å². The SMILES string of the molecule is O=c1ccn(CCCCCCC(CCCCCCn2ccc(=O)c(O)c2)CCCCCCn2ccc(=O)c(O)c2)cc1O. The van der Waals surface area contributed by atoms with E-state index < -0.39 is 0 Å². The van der Waals surface area contributed by atoms with Gasteiger partial charge in [-0.25, -0.2) is 0 Å². The van der Waals surface area contributed by atoms with Crippen molar-refractivity contribution >= 4 is 0 Å². The molecule has 0 saturated carbocycles. The van der Waals surface area contributed by atoms with Crippen molar-refractivity contribution in [2.75, 3.05) is 0 Å². The molecule has 236 valence electrons. The molecule has 0 aliphatic heterocycles. The maximum Gasteiger partial charge on any atom is 0.223 e.